The normalized spacial score (nSPS) is 10.6. The zero-order valence-electron chi connectivity index (χ0n) is 10.8. The molecule has 0 fully saturated rings. The summed E-state index contributed by atoms with van der Waals surface area (Å²) in [5.41, 5.74) is 0. The lowest BCUT2D eigenvalue weighted by atomic mass is 10.2. The van der Waals surface area contributed by atoms with Gasteiger partial charge in [-0.3, -0.25) is 4.79 Å². The summed E-state index contributed by atoms with van der Waals surface area (Å²) in [4.78, 5) is 17.4. The second-order valence-corrected chi connectivity index (χ2v) is 4.92. The molecule has 0 aliphatic rings. The fourth-order valence-electron chi connectivity index (χ4n) is 1.27. The van der Waals surface area contributed by atoms with Crippen LogP contribution in [0.25, 0.3) is 0 Å². The van der Waals surface area contributed by atoms with Crippen LogP contribution in [0.5, 0.6) is 0 Å². The van der Waals surface area contributed by atoms with Crippen molar-refractivity contribution in [3.05, 3.63) is 5.82 Å². The third-order valence-electron chi connectivity index (χ3n) is 2.38. The van der Waals surface area contributed by atoms with Crippen LogP contribution in [0.15, 0.2) is 0 Å². The third-order valence-corrected chi connectivity index (χ3v) is 3.22. The smallest absolute Gasteiger partial charge is 0.305 e. The summed E-state index contributed by atoms with van der Waals surface area (Å²) in [6.45, 7) is 4.92. The standard InChI is InChI=1S/C11H19N3O2S/c1-8(2)10-12-11(17-13-10)14(3)7-5-6-9(15)16-4/h8H,5-7H2,1-4H3. The van der Waals surface area contributed by atoms with Crippen molar-refractivity contribution in [2.24, 2.45) is 0 Å². The van der Waals surface area contributed by atoms with E-state index < -0.39 is 0 Å². The molecule has 1 rings (SSSR count). The minimum Gasteiger partial charge on any atom is -0.469 e. The number of aromatic nitrogens is 2. The quantitative estimate of drug-likeness (QED) is 0.730. The van der Waals surface area contributed by atoms with Crippen LogP contribution < -0.4 is 4.90 Å². The SMILES string of the molecule is COC(=O)CCCN(C)c1nc(C(C)C)ns1. The van der Waals surface area contributed by atoms with Crippen LogP contribution in [0.1, 0.15) is 38.4 Å². The number of hydrogen-bond acceptors (Lipinski definition) is 6. The minimum atomic E-state index is -0.168. The van der Waals surface area contributed by atoms with E-state index >= 15 is 0 Å². The van der Waals surface area contributed by atoms with E-state index in [2.05, 4.69) is 27.9 Å². The summed E-state index contributed by atoms with van der Waals surface area (Å²) in [5, 5.41) is 0.901. The molecular formula is C11H19N3O2S. The zero-order valence-corrected chi connectivity index (χ0v) is 11.6. The van der Waals surface area contributed by atoms with Crippen molar-refractivity contribution >= 4 is 22.6 Å². The number of hydrogen-bond donors (Lipinski definition) is 0. The van der Waals surface area contributed by atoms with Gasteiger partial charge in [-0.25, -0.2) is 4.98 Å². The van der Waals surface area contributed by atoms with Crippen LogP contribution in [0, 0.1) is 0 Å². The van der Waals surface area contributed by atoms with Gasteiger partial charge >= 0.3 is 5.97 Å². The molecule has 0 saturated carbocycles. The van der Waals surface area contributed by atoms with Gasteiger partial charge in [0.2, 0.25) is 5.13 Å². The van der Waals surface area contributed by atoms with Gasteiger partial charge in [-0.2, -0.15) is 4.37 Å². The molecule has 0 N–H and O–H groups in total. The maximum atomic E-state index is 11.0. The Morgan fingerprint density at radius 2 is 2.24 bits per heavy atom. The molecule has 0 spiro atoms. The Kier molecular flexibility index (Phi) is 5.34. The van der Waals surface area contributed by atoms with Gasteiger partial charge < -0.3 is 9.64 Å². The van der Waals surface area contributed by atoms with E-state index in [9.17, 15) is 4.79 Å². The van der Waals surface area contributed by atoms with Crippen LogP contribution >= 0.6 is 11.5 Å². The molecule has 0 saturated heterocycles. The molecule has 0 aliphatic carbocycles. The maximum absolute atomic E-state index is 11.0. The minimum absolute atomic E-state index is 0.168. The second kappa shape index (κ2) is 6.54. The summed E-state index contributed by atoms with van der Waals surface area (Å²) < 4.78 is 8.88. The van der Waals surface area contributed by atoms with Crippen LogP contribution in [0.2, 0.25) is 0 Å². The molecule has 1 aromatic rings. The molecule has 0 aromatic carbocycles. The van der Waals surface area contributed by atoms with Crippen LogP contribution in [0.4, 0.5) is 5.13 Å². The number of carbonyl (C=O) groups is 1. The first-order valence-corrected chi connectivity index (χ1v) is 6.43. The van der Waals surface area contributed by atoms with E-state index in [-0.39, 0.29) is 5.97 Å². The second-order valence-electron chi connectivity index (χ2n) is 4.19. The topological polar surface area (TPSA) is 55.3 Å². The molecule has 6 heteroatoms. The fourth-order valence-corrected chi connectivity index (χ4v) is 2.07. The molecular weight excluding hydrogens is 238 g/mol. The lowest BCUT2D eigenvalue weighted by molar-refractivity contribution is -0.140. The lowest BCUT2D eigenvalue weighted by Crippen LogP contribution is -2.19. The maximum Gasteiger partial charge on any atom is 0.305 e. The molecule has 1 heterocycles. The van der Waals surface area contributed by atoms with Crippen LogP contribution in [-0.2, 0) is 9.53 Å². The largest absolute Gasteiger partial charge is 0.469 e. The van der Waals surface area contributed by atoms with Gasteiger partial charge in [0.25, 0.3) is 0 Å². The molecule has 17 heavy (non-hydrogen) atoms. The van der Waals surface area contributed by atoms with Gasteiger partial charge in [-0.05, 0) is 6.42 Å². The molecule has 0 bridgehead atoms. The van der Waals surface area contributed by atoms with Crippen molar-refractivity contribution in [2.75, 3.05) is 25.6 Å². The number of nitrogens with zero attached hydrogens (tertiary/aromatic N) is 3. The van der Waals surface area contributed by atoms with E-state index in [4.69, 9.17) is 0 Å². The molecule has 0 unspecified atom stereocenters. The Bertz CT molecular complexity index is 365. The summed E-state index contributed by atoms with van der Waals surface area (Å²) >= 11 is 1.40. The molecule has 0 amide bonds. The molecule has 0 aliphatic heterocycles. The van der Waals surface area contributed by atoms with Crippen molar-refractivity contribution in [3.63, 3.8) is 0 Å². The van der Waals surface area contributed by atoms with E-state index in [1.807, 2.05) is 11.9 Å². The van der Waals surface area contributed by atoms with Gasteiger partial charge in [0, 0.05) is 37.5 Å². The fraction of sp³-hybridized carbons (Fsp3) is 0.727. The van der Waals surface area contributed by atoms with Gasteiger partial charge in [-0.1, -0.05) is 13.8 Å². The monoisotopic (exact) mass is 257 g/mol. The highest BCUT2D eigenvalue weighted by molar-refractivity contribution is 7.09. The highest BCUT2D eigenvalue weighted by Gasteiger charge is 2.11. The molecule has 1 aromatic heterocycles. The van der Waals surface area contributed by atoms with Crippen LogP contribution in [0.3, 0.4) is 0 Å². The lowest BCUT2D eigenvalue weighted by Gasteiger charge is -2.14. The van der Waals surface area contributed by atoms with Crippen molar-refractivity contribution in [3.8, 4) is 0 Å². The Balaban J connectivity index is 2.41. The number of ether oxygens (including phenoxy) is 1. The highest BCUT2D eigenvalue weighted by Crippen LogP contribution is 2.20. The Morgan fingerprint density at radius 3 is 2.76 bits per heavy atom. The molecule has 5 nitrogen and oxygen atoms in total. The molecule has 96 valence electrons. The predicted octanol–water partition coefficient (Wildman–Crippen LogP) is 2.05. The average molecular weight is 257 g/mol. The summed E-state index contributed by atoms with van der Waals surface area (Å²) in [5.74, 6) is 1.06. The van der Waals surface area contributed by atoms with Crippen LogP contribution in [-0.4, -0.2) is 36.0 Å². The Hall–Kier alpha value is -1.17. The van der Waals surface area contributed by atoms with Crippen molar-refractivity contribution < 1.29 is 9.53 Å². The van der Waals surface area contributed by atoms with Crippen molar-refractivity contribution in [1.82, 2.24) is 9.36 Å². The van der Waals surface area contributed by atoms with E-state index in [0.29, 0.717) is 12.3 Å². The molecule has 0 atom stereocenters. The first-order chi connectivity index (χ1) is 8.04. The zero-order chi connectivity index (χ0) is 12.8. The van der Waals surface area contributed by atoms with Crippen molar-refractivity contribution in [2.45, 2.75) is 32.6 Å². The summed E-state index contributed by atoms with van der Waals surface area (Å²) in [6.07, 6.45) is 1.20. The van der Waals surface area contributed by atoms with Gasteiger partial charge in [-0.15, -0.1) is 0 Å². The summed E-state index contributed by atoms with van der Waals surface area (Å²) in [6, 6.07) is 0. The Labute approximate surface area is 106 Å². The van der Waals surface area contributed by atoms with E-state index in [1.54, 1.807) is 0 Å². The number of carbonyl (C=O) groups excluding carboxylic acids is 1. The third kappa shape index (κ3) is 4.30. The predicted molar refractivity (Wildman–Crippen MR) is 68.5 cm³/mol. The highest BCUT2D eigenvalue weighted by atomic mass is 32.1. The first kappa shape index (κ1) is 13.9. The van der Waals surface area contributed by atoms with E-state index in [1.165, 1.54) is 18.6 Å². The number of rotatable bonds is 6. The van der Waals surface area contributed by atoms with Gasteiger partial charge in [0.05, 0.1) is 7.11 Å². The molecule has 0 radical (unpaired) electrons. The van der Waals surface area contributed by atoms with Gasteiger partial charge in [0.15, 0.2) is 0 Å². The average Bonchev–Trinajstić information content (AvgIpc) is 2.78. The first-order valence-electron chi connectivity index (χ1n) is 5.66. The van der Waals surface area contributed by atoms with E-state index in [0.717, 1.165) is 23.9 Å². The number of esters is 1. The summed E-state index contributed by atoms with van der Waals surface area (Å²) in [7, 11) is 3.37. The Morgan fingerprint density at radius 1 is 1.53 bits per heavy atom. The number of anilines is 1. The van der Waals surface area contributed by atoms with Crippen molar-refractivity contribution in [1.29, 1.82) is 0 Å². The van der Waals surface area contributed by atoms with Gasteiger partial charge in [0.1, 0.15) is 5.82 Å². The number of methoxy groups -OCH3 is 1.